The van der Waals surface area contributed by atoms with Crippen molar-refractivity contribution in [2.24, 2.45) is 0 Å². The molecule has 0 radical (unpaired) electrons. The van der Waals surface area contributed by atoms with Gasteiger partial charge in [0.15, 0.2) is 0 Å². The zero-order valence-electron chi connectivity index (χ0n) is 8.44. The fourth-order valence-electron chi connectivity index (χ4n) is 1.29. The summed E-state index contributed by atoms with van der Waals surface area (Å²) in [6.07, 6.45) is 0. The predicted octanol–water partition coefficient (Wildman–Crippen LogP) is 6.03. The van der Waals surface area contributed by atoms with Gasteiger partial charge in [-0.15, -0.1) is 11.3 Å². The minimum atomic E-state index is 0.718. The Bertz CT molecular complexity index is 525. The topological polar surface area (TPSA) is 12.0 Å². The Morgan fingerprint density at radius 2 is 2.06 bits per heavy atom. The molecule has 0 spiro atoms. The normalized spacial score (nSPS) is 10.6. The Morgan fingerprint density at radius 1 is 1.29 bits per heavy atom. The number of hydrogen-bond acceptors (Lipinski definition) is 2. The van der Waals surface area contributed by atoms with E-state index in [1.165, 1.54) is 0 Å². The summed E-state index contributed by atoms with van der Waals surface area (Å²) in [4.78, 5) is 1.16. The van der Waals surface area contributed by atoms with Crippen LogP contribution in [0.5, 0.6) is 0 Å². The number of nitrogens with one attached hydrogen (secondary N) is 1. The first-order chi connectivity index (χ1) is 8.06. The molecule has 0 saturated heterocycles. The summed E-state index contributed by atoms with van der Waals surface area (Å²) in [7, 11) is 0. The van der Waals surface area contributed by atoms with Crippen molar-refractivity contribution in [3.05, 3.63) is 46.5 Å². The third-order valence-corrected chi connectivity index (χ3v) is 5.55. The zero-order valence-corrected chi connectivity index (χ0v) is 14.5. The molecule has 6 heteroatoms. The van der Waals surface area contributed by atoms with Crippen molar-refractivity contribution in [2.45, 2.75) is 6.54 Å². The molecule has 0 aliphatic heterocycles. The van der Waals surface area contributed by atoms with E-state index in [2.05, 4.69) is 43.8 Å². The van der Waals surface area contributed by atoms with Crippen LogP contribution in [0.25, 0.3) is 0 Å². The molecule has 2 aromatic rings. The minimum absolute atomic E-state index is 0.718. The number of benzene rings is 1. The van der Waals surface area contributed by atoms with Crippen LogP contribution in [0.2, 0.25) is 9.36 Å². The SMILES string of the molecule is Clc1ccc(I)cc1NCc1cc(Br)c(Cl)s1. The summed E-state index contributed by atoms with van der Waals surface area (Å²) in [6, 6.07) is 7.91. The van der Waals surface area contributed by atoms with Crippen molar-refractivity contribution in [2.75, 3.05) is 5.32 Å². The van der Waals surface area contributed by atoms with Crippen LogP contribution >= 0.6 is 73.1 Å². The summed E-state index contributed by atoms with van der Waals surface area (Å²) in [5.74, 6) is 0. The molecule has 0 aliphatic carbocycles. The lowest BCUT2D eigenvalue weighted by molar-refractivity contribution is 1.19. The molecule has 1 N–H and O–H groups in total. The molecule has 2 rings (SSSR count). The van der Waals surface area contributed by atoms with Crippen LogP contribution in [0.3, 0.4) is 0 Å². The lowest BCUT2D eigenvalue weighted by atomic mass is 10.3. The molecule has 1 aromatic heterocycles. The summed E-state index contributed by atoms with van der Waals surface area (Å²) in [6.45, 7) is 0.718. The predicted molar refractivity (Wildman–Crippen MR) is 88.5 cm³/mol. The smallest absolute Gasteiger partial charge is 0.107 e. The highest BCUT2D eigenvalue weighted by atomic mass is 127. The average Bonchev–Trinajstić information content (AvgIpc) is 2.60. The first kappa shape index (κ1) is 13.9. The Balaban J connectivity index is 2.09. The van der Waals surface area contributed by atoms with Gasteiger partial charge < -0.3 is 5.32 Å². The molecule has 0 saturated carbocycles. The van der Waals surface area contributed by atoms with E-state index in [0.29, 0.717) is 0 Å². The van der Waals surface area contributed by atoms with Crippen LogP contribution in [-0.2, 0) is 6.54 Å². The van der Waals surface area contributed by atoms with E-state index < -0.39 is 0 Å². The largest absolute Gasteiger partial charge is 0.379 e. The van der Waals surface area contributed by atoms with Crippen LogP contribution in [0.4, 0.5) is 5.69 Å². The monoisotopic (exact) mass is 461 g/mol. The van der Waals surface area contributed by atoms with Crippen LogP contribution in [0.15, 0.2) is 28.7 Å². The van der Waals surface area contributed by atoms with Gasteiger partial charge >= 0.3 is 0 Å². The van der Waals surface area contributed by atoms with Gasteiger partial charge in [0, 0.05) is 19.5 Å². The van der Waals surface area contributed by atoms with E-state index in [4.69, 9.17) is 23.2 Å². The molecule has 1 nitrogen and oxygen atoms in total. The van der Waals surface area contributed by atoms with E-state index in [9.17, 15) is 0 Å². The third kappa shape index (κ3) is 3.73. The van der Waals surface area contributed by atoms with E-state index >= 15 is 0 Å². The summed E-state index contributed by atoms with van der Waals surface area (Å²) < 4.78 is 2.87. The molecular weight excluding hydrogens is 456 g/mol. The Labute approximate surface area is 136 Å². The van der Waals surface area contributed by atoms with E-state index in [-0.39, 0.29) is 0 Å². The van der Waals surface area contributed by atoms with Crippen LogP contribution < -0.4 is 5.32 Å². The van der Waals surface area contributed by atoms with Crippen molar-refractivity contribution in [3.63, 3.8) is 0 Å². The average molecular weight is 463 g/mol. The summed E-state index contributed by atoms with van der Waals surface area (Å²) >= 11 is 19.3. The first-order valence-electron chi connectivity index (χ1n) is 4.69. The summed E-state index contributed by atoms with van der Waals surface area (Å²) in [5.41, 5.74) is 0.944. The van der Waals surface area contributed by atoms with Crippen molar-refractivity contribution in [3.8, 4) is 0 Å². The molecule has 1 heterocycles. The molecule has 1 aromatic carbocycles. The number of hydrogen-bond donors (Lipinski definition) is 1. The Hall–Kier alpha value is 0.510. The second-order valence-electron chi connectivity index (χ2n) is 3.31. The molecule has 0 atom stereocenters. The molecule has 0 aliphatic rings. The summed E-state index contributed by atoms with van der Waals surface area (Å²) in [5, 5.41) is 4.03. The first-order valence-corrected chi connectivity index (χ1v) is 8.13. The van der Waals surface area contributed by atoms with E-state index in [1.807, 2.05) is 24.3 Å². The molecular formula is C11H7BrCl2INS. The molecule has 0 unspecified atom stereocenters. The lowest BCUT2D eigenvalue weighted by Gasteiger charge is -2.07. The molecule has 17 heavy (non-hydrogen) atoms. The second kappa shape index (κ2) is 6.10. The van der Waals surface area contributed by atoms with E-state index in [0.717, 1.165) is 34.5 Å². The second-order valence-corrected chi connectivity index (χ2v) is 7.56. The van der Waals surface area contributed by atoms with Gasteiger partial charge in [-0.05, 0) is 62.8 Å². The molecule has 90 valence electrons. The fourth-order valence-corrected chi connectivity index (χ4v) is 3.70. The molecule has 0 bridgehead atoms. The lowest BCUT2D eigenvalue weighted by Crippen LogP contribution is -1.98. The van der Waals surface area contributed by atoms with Gasteiger partial charge in [-0.3, -0.25) is 0 Å². The van der Waals surface area contributed by atoms with Gasteiger partial charge in [-0.25, -0.2) is 0 Å². The highest BCUT2D eigenvalue weighted by Crippen LogP contribution is 2.33. The quantitative estimate of drug-likeness (QED) is 0.549. The van der Waals surface area contributed by atoms with Crippen molar-refractivity contribution < 1.29 is 0 Å². The molecule has 0 fully saturated rings. The maximum Gasteiger partial charge on any atom is 0.107 e. The van der Waals surface area contributed by atoms with Gasteiger partial charge in [-0.2, -0.15) is 0 Å². The van der Waals surface area contributed by atoms with Crippen molar-refractivity contribution >= 4 is 78.7 Å². The number of halogens is 4. The standard InChI is InChI=1S/C11H7BrCl2INS/c12-8-4-7(17-11(8)14)5-16-10-3-6(15)1-2-9(10)13/h1-4,16H,5H2. The maximum atomic E-state index is 6.10. The highest BCUT2D eigenvalue weighted by Gasteiger charge is 2.05. The van der Waals surface area contributed by atoms with Crippen LogP contribution in [0.1, 0.15) is 4.88 Å². The van der Waals surface area contributed by atoms with Gasteiger partial charge in [0.25, 0.3) is 0 Å². The van der Waals surface area contributed by atoms with Gasteiger partial charge in [0.05, 0.1) is 10.7 Å². The van der Waals surface area contributed by atoms with Gasteiger partial charge in [0.2, 0.25) is 0 Å². The van der Waals surface area contributed by atoms with E-state index in [1.54, 1.807) is 11.3 Å². The van der Waals surface area contributed by atoms with Crippen LogP contribution in [-0.4, -0.2) is 0 Å². The van der Waals surface area contributed by atoms with Gasteiger partial charge in [-0.1, -0.05) is 23.2 Å². The zero-order chi connectivity index (χ0) is 12.4. The fraction of sp³-hybridized carbons (Fsp3) is 0.0909. The van der Waals surface area contributed by atoms with Crippen molar-refractivity contribution in [1.29, 1.82) is 0 Å². The maximum absolute atomic E-state index is 6.10. The number of rotatable bonds is 3. The van der Waals surface area contributed by atoms with Crippen molar-refractivity contribution in [1.82, 2.24) is 0 Å². The Kier molecular flexibility index (Phi) is 5.00. The Morgan fingerprint density at radius 3 is 2.71 bits per heavy atom. The third-order valence-electron chi connectivity index (χ3n) is 2.08. The molecule has 0 amide bonds. The van der Waals surface area contributed by atoms with Crippen LogP contribution in [0, 0.1) is 3.57 Å². The highest BCUT2D eigenvalue weighted by molar-refractivity contribution is 14.1. The number of thiophene rings is 1. The number of anilines is 1. The van der Waals surface area contributed by atoms with Gasteiger partial charge in [0.1, 0.15) is 4.34 Å². The minimum Gasteiger partial charge on any atom is -0.379 e.